The molecule has 0 amide bonds. The molecule has 0 aliphatic heterocycles. The molecule has 1 aromatic heterocycles. The van der Waals surface area contributed by atoms with Gasteiger partial charge in [-0.15, -0.1) is 0 Å². The molecular formula is C11H17N2O3S+. The van der Waals surface area contributed by atoms with E-state index in [-0.39, 0.29) is 11.8 Å². The molecule has 1 rings (SSSR count). The van der Waals surface area contributed by atoms with Crippen LogP contribution in [-0.2, 0) is 27.9 Å². The number of imidazole rings is 1. The number of nitrogens with zero attached hydrogens (tertiary/aromatic N) is 2. The standard InChI is InChI=1S/C11H17N2O3S/c1-9(14)8-17-11-12(2)6-7-13(11)5-4-10(15)16-3/h6-7H,4-5,8H2,1-3H3/q+1. The predicted octanol–water partition coefficient (Wildman–Crippen LogP) is 0.557. The molecule has 0 N–H and O–H groups in total. The second kappa shape index (κ2) is 6.44. The van der Waals surface area contributed by atoms with E-state index in [2.05, 4.69) is 4.74 Å². The quantitative estimate of drug-likeness (QED) is 0.424. The van der Waals surface area contributed by atoms with Gasteiger partial charge < -0.3 is 4.74 Å². The van der Waals surface area contributed by atoms with Crippen LogP contribution >= 0.6 is 11.8 Å². The van der Waals surface area contributed by atoms with Crippen molar-refractivity contribution >= 4 is 23.5 Å². The molecule has 1 aromatic rings. The zero-order chi connectivity index (χ0) is 12.8. The van der Waals surface area contributed by atoms with E-state index in [1.807, 2.05) is 28.6 Å². The number of carbonyl (C=O) groups excluding carboxylic acids is 2. The summed E-state index contributed by atoms with van der Waals surface area (Å²) in [6.07, 6.45) is 4.13. The van der Waals surface area contributed by atoms with E-state index < -0.39 is 0 Å². The van der Waals surface area contributed by atoms with Gasteiger partial charge in [0.15, 0.2) is 0 Å². The molecular weight excluding hydrogens is 240 g/mol. The molecule has 0 spiro atoms. The summed E-state index contributed by atoms with van der Waals surface area (Å²) in [5.74, 6) is 0.343. The smallest absolute Gasteiger partial charge is 0.318 e. The lowest BCUT2D eigenvalue weighted by atomic mass is 10.4. The maximum absolute atomic E-state index is 11.1. The van der Waals surface area contributed by atoms with Crippen LogP contribution in [0.4, 0.5) is 0 Å². The Kier molecular flexibility index (Phi) is 5.21. The van der Waals surface area contributed by atoms with Crippen molar-refractivity contribution in [2.24, 2.45) is 7.05 Å². The van der Waals surface area contributed by atoms with Crippen LogP contribution in [-0.4, -0.2) is 29.2 Å². The summed E-state index contributed by atoms with van der Waals surface area (Å²) in [5.41, 5.74) is 0. The second-order valence-electron chi connectivity index (χ2n) is 3.70. The van der Waals surface area contributed by atoms with Crippen molar-refractivity contribution in [1.29, 1.82) is 0 Å². The molecule has 0 atom stereocenters. The second-order valence-corrected chi connectivity index (χ2v) is 4.64. The molecule has 0 aromatic carbocycles. The highest BCUT2D eigenvalue weighted by molar-refractivity contribution is 7.99. The molecule has 0 aliphatic carbocycles. The average Bonchev–Trinajstić information content (AvgIpc) is 2.64. The normalized spacial score (nSPS) is 10.3. The summed E-state index contributed by atoms with van der Waals surface area (Å²) in [6, 6.07) is 0. The summed E-state index contributed by atoms with van der Waals surface area (Å²) in [7, 11) is 3.29. The van der Waals surface area contributed by atoms with Crippen molar-refractivity contribution in [3.63, 3.8) is 0 Å². The highest BCUT2D eigenvalue weighted by Crippen LogP contribution is 2.14. The number of aryl methyl sites for hydroxylation is 2. The van der Waals surface area contributed by atoms with E-state index in [4.69, 9.17) is 0 Å². The first-order valence-electron chi connectivity index (χ1n) is 5.28. The van der Waals surface area contributed by atoms with E-state index in [0.29, 0.717) is 18.7 Å². The van der Waals surface area contributed by atoms with Gasteiger partial charge in [0.05, 0.1) is 26.3 Å². The Labute approximate surface area is 105 Å². The van der Waals surface area contributed by atoms with Crippen LogP contribution in [0.15, 0.2) is 17.6 Å². The molecule has 0 fully saturated rings. The van der Waals surface area contributed by atoms with Gasteiger partial charge in [-0.1, -0.05) is 0 Å². The molecule has 1 heterocycles. The summed E-state index contributed by atoms with van der Waals surface area (Å²) < 4.78 is 8.48. The van der Waals surface area contributed by atoms with Crippen molar-refractivity contribution in [2.75, 3.05) is 12.9 Å². The summed E-state index contributed by atoms with van der Waals surface area (Å²) in [5, 5.41) is 0.962. The Balaban J connectivity index is 2.65. The van der Waals surface area contributed by atoms with Crippen LogP contribution in [0, 0.1) is 0 Å². The summed E-state index contributed by atoms with van der Waals surface area (Å²) >= 11 is 1.47. The van der Waals surface area contributed by atoms with Crippen LogP contribution in [0.25, 0.3) is 0 Å². The van der Waals surface area contributed by atoms with Gasteiger partial charge in [0, 0.05) is 0 Å². The zero-order valence-corrected chi connectivity index (χ0v) is 11.1. The van der Waals surface area contributed by atoms with Gasteiger partial charge in [0.25, 0.3) is 0 Å². The third-order valence-corrected chi connectivity index (χ3v) is 3.54. The number of ketones is 1. The number of rotatable bonds is 6. The molecule has 94 valence electrons. The van der Waals surface area contributed by atoms with E-state index in [1.165, 1.54) is 18.9 Å². The van der Waals surface area contributed by atoms with E-state index in [9.17, 15) is 9.59 Å². The third-order valence-electron chi connectivity index (χ3n) is 2.21. The summed E-state index contributed by atoms with van der Waals surface area (Å²) in [6.45, 7) is 2.13. The molecule has 6 heteroatoms. The van der Waals surface area contributed by atoms with Crippen LogP contribution in [0.5, 0.6) is 0 Å². The van der Waals surface area contributed by atoms with Crippen LogP contribution in [0.3, 0.4) is 0 Å². The van der Waals surface area contributed by atoms with Gasteiger partial charge in [-0.25, -0.2) is 9.13 Å². The Hall–Kier alpha value is -1.30. The Morgan fingerprint density at radius 3 is 2.82 bits per heavy atom. The Morgan fingerprint density at radius 2 is 2.24 bits per heavy atom. The molecule has 0 bridgehead atoms. The molecule has 0 saturated carbocycles. The monoisotopic (exact) mass is 257 g/mol. The minimum Gasteiger partial charge on any atom is -0.469 e. The van der Waals surface area contributed by atoms with Gasteiger partial charge in [-0.05, 0) is 18.7 Å². The number of esters is 1. The highest BCUT2D eigenvalue weighted by atomic mass is 32.2. The lowest BCUT2D eigenvalue weighted by Gasteiger charge is -2.01. The Bertz CT molecular complexity index is 415. The van der Waals surface area contributed by atoms with Gasteiger partial charge in [0.1, 0.15) is 24.7 Å². The number of aromatic nitrogens is 2. The molecule has 5 nitrogen and oxygen atoms in total. The molecule has 0 saturated heterocycles. The van der Waals surface area contributed by atoms with Gasteiger partial charge >= 0.3 is 11.1 Å². The van der Waals surface area contributed by atoms with Gasteiger partial charge in [0.2, 0.25) is 0 Å². The van der Waals surface area contributed by atoms with Crippen molar-refractivity contribution < 1.29 is 18.9 Å². The number of thioether (sulfide) groups is 1. The lowest BCUT2D eigenvalue weighted by Crippen LogP contribution is -2.29. The van der Waals surface area contributed by atoms with Gasteiger partial charge in [-0.3, -0.25) is 9.59 Å². The maximum atomic E-state index is 11.1. The molecule has 17 heavy (non-hydrogen) atoms. The average molecular weight is 257 g/mol. The maximum Gasteiger partial charge on any atom is 0.318 e. The van der Waals surface area contributed by atoms with E-state index in [1.54, 1.807) is 6.92 Å². The topological polar surface area (TPSA) is 52.2 Å². The third kappa shape index (κ3) is 4.22. The van der Waals surface area contributed by atoms with E-state index in [0.717, 1.165) is 5.16 Å². The van der Waals surface area contributed by atoms with Crippen molar-refractivity contribution in [1.82, 2.24) is 4.57 Å². The molecule has 0 aliphatic rings. The van der Waals surface area contributed by atoms with Crippen LogP contribution in [0.1, 0.15) is 13.3 Å². The van der Waals surface area contributed by atoms with E-state index >= 15 is 0 Å². The fraction of sp³-hybridized carbons (Fsp3) is 0.545. The number of methoxy groups -OCH3 is 1. The number of hydrogen-bond acceptors (Lipinski definition) is 4. The first kappa shape index (κ1) is 13.8. The van der Waals surface area contributed by atoms with Gasteiger partial charge in [-0.2, -0.15) is 0 Å². The van der Waals surface area contributed by atoms with Crippen LogP contribution in [0.2, 0.25) is 0 Å². The fourth-order valence-corrected chi connectivity index (χ4v) is 2.26. The molecule has 0 unspecified atom stereocenters. The summed E-state index contributed by atoms with van der Waals surface area (Å²) in [4.78, 5) is 22.0. The number of carbonyl (C=O) groups is 2. The minimum atomic E-state index is -0.233. The Morgan fingerprint density at radius 1 is 1.53 bits per heavy atom. The fourth-order valence-electron chi connectivity index (χ4n) is 1.35. The SMILES string of the molecule is COC(=O)CCn1cc[n+](C)c1SCC(C)=O. The van der Waals surface area contributed by atoms with Crippen molar-refractivity contribution in [3.8, 4) is 0 Å². The first-order chi connectivity index (χ1) is 8.04. The number of hydrogen-bond donors (Lipinski definition) is 0. The zero-order valence-electron chi connectivity index (χ0n) is 10.3. The van der Waals surface area contributed by atoms with Crippen molar-refractivity contribution in [3.05, 3.63) is 12.4 Å². The highest BCUT2D eigenvalue weighted by Gasteiger charge is 2.16. The molecule has 0 radical (unpaired) electrons. The minimum absolute atomic E-state index is 0.135. The van der Waals surface area contributed by atoms with Crippen molar-refractivity contribution in [2.45, 2.75) is 25.0 Å². The number of Topliss-reactive ketones (excluding diaryl/α,β-unsaturated/α-hetero) is 1. The first-order valence-corrected chi connectivity index (χ1v) is 6.27. The van der Waals surface area contributed by atoms with Crippen LogP contribution < -0.4 is 4.57 Å². The predicted molar refractivity (Wildman–Crippen MR) is 63.6 cm³/mol. The largest absolute Gasteiger partial charge is 0.469 e. The lowest BCUT2D eigenvalue weighted by molar-refractivity contribution is -0.709. The number of ether oxygens (including phenoxy) is 1.